The van der Waals surface area contributed by atoms with Gasteiger partial charge in [0.25, 0.3) is 0 Å². The van der Waals surface area contributed by atoms with Gasteiger partial charge in [-0.25, -0.2) is 4.90 Å². The smallest absolute Gasteiger partial charge is 0.239 e. The van der Waals surface area contributed by atoms with E-state index in [-0.39, 0.29) is 35.5 Å². The number of hydrogen-bond donors (Lipinski definition) is 0. The van der Waals surface area contributed by atoms with E-state index in [2.05, 4.69) is 45.9 Å². The number of nitriles is 1. The van der Waals surface area contributed by atoms with E-state index in [1.165, 1.54) is 32.9 Å². The van der Waals surface area contributed by atoms with Gasteiger partial charge in [0.2, 0.25) is 11.8 Å². The molecule has 0 radical (unpaired) electrons. The Morgan fingerprint density at radius 1 is 1.06 bits per heavy atom. The molecule has 0 N–H and O–H groups in total. The maximum absolute atomic E-state index is 13.6. The number of anilines is 1. The molecule has 0 spiro atoms. The van der Waals surface area contributed by atoms with Crippen molar-refractivity contribution in [3.63, 3.8) is 0 Å². The second-order valence-corrected chi connectivity index (χ2v) is 11.1. The number of nitrogens with zero attached hydrogens (tertiary/aromatic N) is 2. The number of imide groups is 1. The summed E-state index contributed by atoms with van der Waals surface area (Å²) >= 11 is 1.39. The zero-order valence-corrected chi connectivity index (χ0v) is 20.0. The molecular weight excluding hydrogens is 416 g/mol. The number of benzene rings is 1. The van der Waals surface area contributed by atoms with E-state index in [0.717, 1.165) is 28.8 Å². The lowest BCUT2D eigenvalue weighted by Gasteiger charge is -2.18. The number of fused-ring (bicyclic) bond motifs is 5. The number of rotatable bonds is 3. The van der Waals surface area contributed by atoms with E-state index in [9.17, 15) is 14.9 Å². The fraction of sp³-hybridized carbons (Fsp3) is 0.444. The molecule has 2 saturated carbocycles. The minimum absolute atomic E-state index is 0.106. The van der Waals surface area contributed by atoms with E-state index in [0.29, 0.717) is 16.5 Å². The molecule has 2 aliphatic carbocycles. The van der Waals surface area contributed by atoms with E-state index in [1.54, 1.807) is 0 Å². The van der Waals surface area contributed by atoms with Crippen molar-refractivity contribution < 1.29 is 9.59 Å². The van der Waals surface area contributed by atoms with Crippen LogP contribution in [0, 0.1) is 41.9 Å². The van der Waals surface area contributed by atoms with E-state index in [4.69, 9.17) is 0 Å². The standard InChI is InChI=1S/C27H28N2O2S/c1-13(2)16-6-8-17(9-7-16)22-15(5)32-27(20(22)12-28)29-25(30)23-18-10-11-19(21(18)14(3)4)24(23)26(29)31/h6-9,13,18-19,23-24H,10-11H2,1-5H3/t18-,19+,23+,24-. The van der Waals surface area contributed by atoms with Crippen molar-refractivity contribution in [2.45, 2.75) is 53.4 Å². The molecule has 1 aliphatic heterocycles. The van der Waals surface area contributed by atoms with Crippen LogP contribution in [0.5, 0.6) is 0 Å². The van der Waals surface area contributed by atoms with Crippen LogP contribution in [0.2, 0.25) is 0 Å². The average Bonchev–Trinajstić information content (AvgIpc) is 3.47. The molecule has 32 heavy (non-hydrogen) atoms. The lowest BCUT2D eigenvalue weighted by Crippen LogP contribution is -2.33. The average molecular weight is 445 g/mol. The van der Waals surface area contributed by atoms with Gasteiger partial charge < -0.3 is 0 Å². The molecule has 2 bridgehead atoms. The molecule has 4 atom stereocenters. The summed E-state index contributed by atoms with van der Waals surface area (Å²) in [6.45, 7) is 10.5. The van der Waals surface area contributed by atoms with Crippen molar-refractivity contribution in [1.82, 2.24) is 0 Å². The summed E-state index contributed by atoms with van der Waals surface area (Å²) < 4.78 is 0. The van der Waals surface area contributed by atoms with Crippen LogP contribution in [0.15, 0.2) is 35.4 Å². The Labute approximate surface area is 193 Å². The van der Waals surface area contributed by atoms with E-state index < -0.39 is 0 Å². The summed E-state index contributed by atoms with van der Waals surface area (Å²) in [5.74, 6) is 0.0784. The van der Waals surface area contributed by atoms with Crippen LogP contribution < -0.4 is 4.90 Å². The zero-order chi connectivity index (χ0) is 22.9. The first-order chi connectivity index (χ1) is 15.3. The predicted molar refractivity (Wildman–Crippen MR) is 127 cm³/mol. The van der Waals surface area contributed by atoms with Crippen LogP contribution in [0.25, 0.3) is 11.1 Å². The summed E-state index contributed by atoms with van der Waals surface area (Å²) in [4.78, 5) is 29.5. The number of thiophene rings is 1. The van der Waals surface area contributed by atoms with Crippen molar-refractivity contribution in [3.8, 4) is 17.2 Å². The van der Waals surface area contributed by atoms with Gasteiger partial charge in [-0.15, -0.1) is 11.3 Å². The largest absolute Gasteiger partial charge is 0.274 e. The van der Waals surface area contributed by atoms with Crippen LogP contribution in [0.4, 0.5) is 5.00 Å². The number of amides is 2. The van der Waals surface area contributed by atoms with Crippen molar-refractivity contribution in [3.05, 3.63) is 51.4 Å². The van der Waals surface area contributed by atoms with Crippen LogP contribution in [0.1, 0.15) is 62.5 Å². The van der Waals surface area contributed by atoms with Crippen molar-refractivity contribution in [2.24, 2.45) is 23.7 Å². The molecule has 1 aromatic carbocycles. The first kappa shape index (κ1) is 21.2. The summed E-state index contributed by atoms with van der Waals surface area (Å²) in [6.07, 6.45) is 1.97. The second-order valence-electron chi connectivity index (χ2n) is 9.91. The molecule has 4 nitrogen and oxygen atoms in total. The van der Waals surface area contributed by atoms with Crippen LogP contribution in [0.3, 0.4) is 0 Å². The van der Waals surface area contributed by atoms with Crippen molar-refractivity contribution >= 4 is 28.2 Å². The fourth-order valence-corrected chi connectivity index (χ4v) is 7.50. The minimum atomic E-state index is -0.256. The van der Waals surface area contributed by atoms with Gasteiger partial charge in [-0.3, -0.25) is 9.59 Å². The van der Waals surface area contributed by atoms with Gasteiger partial charge in [-0.1, -0.05) is 49.3 Å². The summed E-state index contributed by atoms with van der Waals surface area (Å²) in [6, 6.07) is 10.6. The molecule has 5 heteroatoms. The minimum Gasteiger partial charge on any atom is -0.274 e. The molecule has 3 fully saturated rings. The lowest BCUT2D eigenvalue weighted by molar-refractivity contribution is -0.122. The monoisotopic (exact) mass is 444 g/mol. The number of hydrogen-bond acceptors (Lipinski definition) is 4. The first-order valence-electron chi connectivity index (χ1n) is 11.4. The molecule has 2 heterocycles. The van der Waals surface area contributed by atoms with Crippen LogP contribution in [-0.2, 0) is 9.59 Å². The molecule has 2 aromatic rings. The quantitative estimate of drug-likeness (QED) is 0.418. The van der Waals surface area contributed by atoms with Gasteiger partial charge in [-0.2, -0.15) is 5.26 Å². The Morgan fingerprint density at radius 2 is 1.62 bits per heavy atom. The van der Waals surface area contributed by atoms with Gasteiger partial charge in [0.15, 0.2) is 0 Å². The van der Waals surface area contributed by atoms with Gasteiger partial charge in [0.1, 0.15) is 11.1 Å². The SMILES string of the molecule is CC(C)=C1[C@H]2CC[C@@H]1[C@H]1C(=O)N(c3sc(C)c(-c4ccc(C(C)C)cc4)c3C#N)C(=O)[C@H]12. The highest BCUT2D eigenvalue weighted by Gasteiger charge is 2.64. The number of carbonyl (C=O) groups excluding carboxylic acids is 2. The molecular formula is C27H28N2O2S. The lowest BCUT2D eigenvalue weighted by atomic mass is 9.81. The van der Waals surface area contributed by atoms with Gasteiger partial charge in [-0.05, 0) is 62.5 Å². The zero-order valence-electron chi connectivity index (χ0n) is 19.2. The third-order valence-corrected chi connectivity index (χ3v) is 8.77. The maximum atomic E-state index is 13.6. The molecule has 3 aliphatic rings. The predicted octanol–water partition coefficient (Wildman–Crippen LogP) is 6.20. The molecule has 164 valence electrons. The Morgan fingerprint density at radius 3 is 2.09 bits per heavy atom. The van der Waals surface area contributed by atoms with Crippen LogP contribution >= 0.6 is 11.3 Å². The first-order valence-corrected chi connectivity index (χ1v) is 12.3. The topological polar surface area (TPSA) is 61.2 Å². The van der Waals surface area contributed by atoms with E-state index in [1.807, 2.05) is 19.1 Å². The highest BCUT2D eigenvalue weighted by molar-refractivity contribution is 7.17. The highest BCUT2D eigenvalue weighted by atomic mass is 32.1. The van der Waals surface area contributed by atoms with Gasteiger partial charge in [0.05, 0.1) is 17.4 Å². The van der Waals surface area contributed by atoms with Crippen molar-refractivity contribution in [1.29, 1.82) is 5.26 Å². The number of allylic oxidation sites excluding steroid dienone is 2. The third-order valence-electron chi connectivity index (χ3n) is 7.68. The summed E-state index contributed by atoms with van der Waals surface area (Å²) in [7, 11) is 0. The number of aryl methyl sites for hydroxylation is 1. The van der Waals surface area contributed by atoms with Crippen LogP contribution in [-0.4, -0.2) is 11.8 Å². The third kappa shape index (κ3) is 2.79. The molecule has 5 rings (SSSR count). The van der Waals surface area contributed by atoms with E-state index >= 15 is 0 Å². The Hall–Kier alpha value is -2.71. The summed E-state index contributed by atoms with van der Waals surface area (Å²) in [5.41, 5.74) is 6.08. The number of carbonyl (C=O) groups is 2. The Bertz CT molecular complexity index is 1180. The maximum Gasteiger partial charge on any atom is 0.239 e. The van der Waals surface area contributed by atoms with Gasteiger partial charge >= 0.3 is 0 Å². The molecule has 1 aromatic heterocycles. The molecule has 0 unspecified atom stereocenters. The second kappa shape index (κ2) is 7.42. The summed E-state index contributed by atoms with van der Waals surface area (Å²) in [5, 5.41) is 10.6. The Kier molecular flexibility index (Phi) is 4.90. The van der Waals surface area contributed by atoms with Crippen molar-refractivity contribution in [2.75, 3.05) is 4.90 Å². The fourth-order valence-electron chi connectivity index (χ4n) is 6.37. The Balaban J connectivity index is 1.57. The molecule has 2 amide bonds. The highest BCUT2D eigenvalue weighted by Crippen LogP contribution is 2.61. The van der Waals surface area contributed by atoms with Gasteiger partial charge in [0, 0.05) is 10.4 Å². The normalized spacial score (nSPS) is 26.3. The molecule has 1 saturated heterocycles.